The van der Waals surface area contributed by atoms with Gasteiger partial charge in [-0.3, -0.25) is 4.79 Å². The summed E-state index contributed by atoms with van der Waals surface area (Å²) in [4.78, 5) is 11.7. The van der Waals surface area contributed by atoms with E-state index < -0.39 is 0 Å². The first-order valence-electron chi connectivity index (χ1n) is 6.83. The van der Waals surface area contributed by atoms with Gasteiger partial charge in [-0.05, 0) is 24.6 Å². The summed E-state index contributed by atoms with van der Waals surface area (Å²) < 4.78 is 17.8. The fourth-order valence-electron chi connectivity index (χ4n) is 2.40. The molecule has 2 aromatic rings. The quantitative estimate of drug-likeness (QED) is 0.736. The molecule has 5 nitrogen and oxygen atoms in total. The van der Waals surface area contributed by atoms with Gasteiger partial charge in [-0.1, -0.05) is 13.0 Å². The molecule has 0 fully saturated rings. The molecule has 0 aliphatic carbocycles. The van der Waals surface area contributed by atoms with Gasteiger partial charge < -0.3 is 18.8 Å². The fraction of sp³-hybridized carbons (Fsp3) is 0.438. The topological polar surface area (TPSA) is 49.7 Å². The van der Waals surface area contributed by atoms with E-state index in [9.17, 15) is 4.79 Å². The number of hydrogen-bond donors (Lipinski definition) is 0. The van der Waals surface area contributed by atoms with Crippen molar-refractivity contribution in [1.82, 2.24) is 4.57 Å². The van der Waals surface area contributed by atoms with Gasteiger partial charge >= 0.3 is 0 Å². The lowest BCUT2D eigenvalue weighted by Gasteiger charge is -2.15. The van der Waals surface area contributed by atoms with Crippen molar-refractivity contribution in [3.8, 4) is 5.75 Å². The Kier molecular flexibility index (Phi) is 4.98. The molecule has 2 rings (SSSR count). The minimum atomic E-state index is -0.151. The highest BCUT2D eigenvalue weighted by Crippen LogP contribution is 2.33. The van der Waals surface area contributed by atoms with Crippen LogP contribution in [0.1, 0.15) is 25.3 Å². The Balaban J connectivity index is 2.57. The Morgan fingerprint density at radius 2 is 2.00 bits per heavy atom. The predicted molar refractivity (Wildman–Crippen MR) is 80.5 cm³/mol. The van der Waals surface area contributed by atoms with Crippen LogP contribution in [0.2, 0.25) is 0 Å². The van der Waals surface area contributed by atoms with Crippen molar-refractivity contribution >= 4 is 16.7 Å². The van der Waals surface area contributed by atoms with Gasteiger partial charge in [0.2, 0.25) is 0 Å². The van der Waals surface area contributed by atoms with Crippen molar-refractivity contribution in [3.05, 3.63) is 30.0 Å². The average molecular weight is 291 g/mol. The first-order valence-corrected chi connectivity index (χ1v) is 6.83. The first-order chi connectivity index (χ1) is 10.1. The van der Waals surface area contributed by atoms with Crippen molar-refractivity contribution in [2.45, 2.75) is 26.5 Å². The molecule has 1 unspecified atom stereocenters. The highest BCUT2D eigenvalue weighted by molar-refractivity contribution is 5.94. The van der Waals surface area contributed by atoms with Gasteiger partial charge in [-0.2, -0.15) is 0 Å². The van der Waals surface area contributed by atoms with Crippen LogP contribution in [0.4, 0.5) is 0 Å². The number of Topliss-reactive ketones (excluding diaryl/α,β-unsaturated/α-hetero) is 1. The molecule has 0 spiro atoms. The molecule has 0 saturated heterocycles. The molecule has 0 bridgehead atoms. The summed E-state index contributed by atoms with van der Waals surface area (Å²) >= 11 is 0. The molecule has 1 aromatic heterocycles. The summed E-state index contributed by atoms with van der Waals surface area (Å²) in [7, 11) is 3.22. The molecule has 0 radical (unpaired) electrons. The molecule has 1 atom stereocenters. The average Bonchev–Trinajstić information content (AvgIpc) is 2.89. The van der Waals surface area contributed by atoms with E-state index in [1.807, 2.05) is 35.9 Å². The second-order valence-electron chi connectivity index (χ2n) is 5.00. The van der Waals surface area contributed by atoms with E-state index in [1.54, 1.807) is 21.1 Å². The van der Waals surface area contributed by atoms with Crippen molar-refractivity contribution in [2.24, 2.45) is 0 Å². The van der Waals surface area contributed by atoms with Crippen LogP contribution in [-0.2, 0) is 21.0 Å². The summed E-state index contributed by atoms with van der Waals surface area (Å²) in [5.74, 6) is 0.706. The van der Waals surface area contributed by atoms with Gasteiger partial charge in [0.15, 0.2) is 6.79 Å². The van der Waals surface area contributed by atoms with E-state index in [0.717, 1.165) is 16.5 Å². The second kappa shape index (κ2) is 6.74. The number of nitrogens with zero attached hydrogens (tertiary/aromatic N) is 1. The maximum Gasteiger partial charge on any atom is 0.188 e. The Bertz CT molecular complexity index is 632. The Labute approximate surface area is 124 Å². The normalized spacial score (nSPS) is 12.6. The summed E-state index contributed by atoms with van der Waals surface area (Å²) in [6, 6.07) is 5.81. The minimum Gasteiger partial charge on any atom is -0.465 e. The first kappa shape index (κ1) is 15.5. The number of rotatable bonds is 7. The van der Waals surface area contributed by atoms with Gasteiger partial charge in [-0.15, -0.1) is 0 Å². The van der Waals surface area contributed by atoms with Crippen LogP contribution in [0.5, 0.6) is 5.75 Å². The van der Waals surface area contributed by atoms with Gasteiger partial charge in [0.05, 0.1) is 5.52 Å². The monoisotopic (exact) mass is 291 g/mol. The third kappa shape index (κ3) is 3.09. The van der Waals surface area contributed by atoms with Crippen LogP contribution in [0.25, 0.3) is 10.9 Å². The number of carbonyl (C=O) groups is 1. The summed E-state index contributed by atoms with van der Waals surface area (Å²) in [6.07, 6.45) is 1.93. The van der Waals surface area contributed by atoms with Crippen LogP contribution in [0, 0.1) is 0 Å². The van der Waals surface area contributed by atoms with Crippen molar-refractivity contribution < 1.29 is 19.0 Å². The zero-order chi connectivity index (χ0) is 15.4. The zero-order valence-corrected chi connectivity index (χ0v) is 12.9. The molecule has 1 aromatic carbocycles. The molecule has 5 heteroatoms. The van der Waals surface area contributed by atoms with E-state index >= 15 is 0 Å². The number of carbonyl (C=O) groups excluding carboxylic acids is 1. The van der Waals surface area contributed by atoms with Crippen LogP contribution in [0.3, 0.4) is 0 Å². The number of hydrogen-bond acceptors (Lipinski definition) is 4. The number of aromatic nitrogens is 1. The predicted octanol–water partition coefficient (Wildman–Crippen LogP) is 2.92. The molecule has 0 amide bonds. The smallest absolute Gasteiger partial charge is 0.188 e. The van der Waals surface area contributed by atoms with Gasteiger partial charge in [-0.25, -0.2) is 0 Å². The number of benzene rings is 1. The molecule has 0 aliphatic rings. The highest BCUT2D eigenvalue weighted by Gasteiger charge is 2.18. The van der Waals surface area contributed by atoms with Crippen LogP contribution >= 0.6 is 0 Å². The standard InChI is InChI=1S/C16H21NO4/c1-11(12(2)18)13-5-6-15(21-10-20-4)16-14(13)7-8-17(16)9-19-3/h5-8,11H,9-10H2,1-4H3. The number of fused-ring (bicyclic) bond motifs is 1. The highest BCUT2D eigenvalue weighted by atomic mass is 16.7. The van der Waals surface area contributed by atoms with Gasteiger partial charge in [0.1, 0.15) is 18.3 Å². The summed E-state index contributed by atoms with van der Waals surface area (Å²) in [5.41, 5.74) is 1.91. The number of methoxy groups -OCH3 is 2. The maximum atomic E-state index is 11.7. The van der Waals surface area contributed by atoms with E-state index in [-0.39, 0.29) is 18.5 Å². The molecule has 1 heterocycles. The SMILES string of the molecule is COCOc1ccc(C(C)C(C)=O)c2ccn(COC)c12. The molecule has 0 saturated carbocycles. The van der Waals surface area contributed by atoms with Crippen molar-refractivity contribution in [1.29, 1.82) is 0 Å². The lowest BCUT2D eigenvalue weighted by molar-refractivity contribution is -0.118. The van der Waals surface area contributed by atoms with Gasteiger partial charge in [0.25, 0.3) is 0 Å². The lowest BCUT2D eigenvalue weighted by atomic mass is 9.94. The van der Waals surface area contributed by atoms with Crippen LogP contribution < -0.4 is 4.74 Å². The summed E-state index contributed by atoms with van der Waals surface area (Å²) in [6.45, 7) is 4.12. The summed E-state index contributed by atoms with van der Waals surface area (Å²) in [5, 5.41) is 1.00. The lowest BCUT2D eigenvalue weighted by Crippen LogP contribution is -2.07. The maximum absolute atomic E-state index is 11.7. The Hall–Kier alpha value is -1.85. The molecule has 114 valence electrons. The third-order valence-corrected chi connectivity index (χ3v) is 3.60. The Morgan fingerprint density at radius 1 is 1.24 bits per heavy atom. The van der Waals surface area contributed by atoms with Gasteiger partial charge in [0, 0.05) is 31.7 Å². The minimum absolute atomic E-state index is 0.140. The second-order valence-corrected chi connectivity index (χ2v) is 5.00. The van der Waals surface area contributed by atoms with Crippen molar-refractivity contribution in [2.75, 3.05) is 21.0 Å². The number of ether oxygens (including phenoxy) is 3. The zero-order valence-electron chi connectivity index (χ0n) is 12.9. The van der Waals surface area contributed by atoms with E-state index in [0.29, 0.717) is 12.5 Å². The van der Waals surface area contributed by atoms with E-state index in [4.69, 9.17) is 14.2 Å². The molecular weight excluding hydrogens is 270 g/mol. The third-order valence-electron chi connectivity index (χ3n) is 3.60. The molecular formula is C16H21NO4. The molecule has 0 N–H and O–H groups in total. The molecule has 0 aliphatic heterocycles. The Morgan fingerprint density at radius 3 is 2.62 bits per heavy atom. The van der Waals surface area contributed by atoms with Crippen LogP contribution in [0.15, 0.2) is 24.4 Å². The van der Waals surface area contributed by atoms with Crippen LogP contribution in [-0.4, -0.2) is 31.4 Å². The molecule has 21 heavy (non-hydrogen) atoms. The number of ketones is 1. The van der Waals surface area contributed by atoms with E-state index in [1.165, 1.54) is 0 Å². The largest absolute Gasteiger partial charge is 0.465 e. The fourth-order valence-corrected chi connectivity index (χ4v) is 2.40. The van der Waals surface area contributed by atoms with E-state index in [2.05, 4.69) is 0 Å². The van der Waals surface area contributed by atoms with Crippen molar-refractivity contribution in [3.63, 3.8) is 0 Å².